The average Bonchev–Trinajstić information content (AvgIpc) is 2.52. The molecule has 1 atom stereocenters. The van der Waals surface area contributed by atoms with Gasteiger partial charge in [-0.15, -0.1) is 0 Å². The fourth-order valence-corrected chi connectivity index (χ4v) is 2.56. The minimum Gasteiger partial charge on any atom is -0.349 e. The zero-order valence-electron chi connectivity index (χ0n) is 11.8. The molecule has 1 heterocycles. The Kier molecular flexibility index (Phi) is 5.90. The Hall–Kier alpha value is -1.72. The lowest BCUT2D eigenvalue weighted by atomic mass is 10.1. The van der Waals surface area contributed by atoms with Crippen LogP contribution in [0.2, 0.25) is 0 Å². The van der Waals surface area contributed by atoms with Crippen molar-refractivity contribution in [1.29, 1.82) is 0 Å². The molecule has 1 aromatic carbocycles. The topological polar surface area (TPSA) is 54.0 Å². The molecule has 5 heteroatoms. The van der Waals surface area contributed by atoms with E-state index >= 15 is 0 Å². The first-order chi connectivity index (χ1) is 10.2. The Morgan fingerprint density at radius 3 is 2.71 bits per heavy atom. The molecule has 4 nitrogen and oxygen atoms in total. The molecule has 2 rings (SSSR count). The highest BCUT2D eigenvalue weighted by molar-refractivity contribution is 9.10. The van der Waals surface area contributed by atoms with E-state index in [1.165, 1.54) is 0 Å². The van der Waals surface area contributed by atoms with Crippen LogP contribution in [0, 0.1) is 0 Å². The number of aromatic nitrogens is 1. The van der Waals surface area contributed by atoms with Crippen LogP contribution in [0.5, 0.6) is 0 Å². The van der Waals surface area contributed by atoms with Crippen molar-refractivity contribution in [2.45, 2.75) is 19.5 Å². The third kappa shape index (κ3) is 4.95. The predicted octanol–water partition coefficient (Wildman–Crippen LogP) is 2.81. The molecule has 0 saturated carbocycles. The maximum absolute atomic E-state index is 11.8. The largest absolute Gasteiger partial charge is 0.349 e. The molecular formula is C16H18BrN3O. The summed E-state index contributed by atoms with van der Waals surface area (Å²) in [5.74, 6) is -0.0421. The van der Waals surface area contributed by atoms with E-state index in [-0.39, 0.29) is 18.5 Å². The van der Waals surface area contributed by atoms with E-state index in [2.05, 4.69) is 31.5 Å². The first kappa shape index (κ1) is 15.7. The number of amides is 1. The van der Waals surface area contributed by atoms with Gasteiger partial charge in [-0.25, -0.2) is 0 Å². The highest BCUT2D eigenvalue weighted by atomic mass is 79.9. The Morgan fingerprint density at radius 1 is 1.24 bits per heavy atom. The molecule has 0 bridgehead atoms. The molecule has 0 fully saturated rings. The number of halogens is 1. The van der Waals surface area contributed by atoms with Gasteiger partial charge in [0.15, 0.2) is 0 Å². The van der Waals surface area contributed by atoms with Gasteiger partial charge in [0.05, 0.1) is 18.8 Å². The molecule has 0 saturated heterocycles. The predicted molar refractivity (Wildman–Crippen MR) is 86.6 cm³/mol. The molecular weight excluding hydrogens is 330 g/mol. The molecule has 2 aromatic rings. The monoisotopic (exact) mass is 347 g/mol. The summed E-state index contributed by atoms with van der Waals surface area (Å²) in [6, 6.07) is 13.7. The zero-order chi connectivity index (χ0) is 15.1. The molecule has 1 amide bonds. The number of hydrogen-bond donors (Lipinski definition) is 2. The van der Waals surface area contributed by atoms with Crippen LogP contribution in [0.4, 0.5) is 0 Å². The Labute approximate surface area is 133 Å². The van der Waals surface area contributed by atoms with Crippen molar-refractivity contribution < 1.29 is 4.79 Å². The molecule has 0 aliphatic carbocycles. The first-order valence-corrected chi connectivity index (χ1v) is 7.60. The minimum absolute atomic E-state index is 0.0421. The van der Waals surface area contributed by atoms with Gasteiger partial charge in [0.25, 0.3) is 0 Å². The summed E-state index contributed by atoms with van der Waals surface area (Å²) >= 11 is 3.52. The van der Waals surface area contributed by atoms with Crippen molar-refractivity contribution >= 4 is 21.8 Å². The molecule has 0 unspecified atom stereocenters. The van der Waals surface area contributed by atoms with Crippen molar-refractivity contribution in [3.63, 3.8) is 0 Å². The molecule has 2 N–H and O–H groups in total. The zero-order valence-corrected chi connectivity index (χ0v) is 13.4. The van der Waals surface area contributed by atoms with E-state index in [4.69, 9.17) is 0 Å². The van der Waals surface area contributed by atoms with Gasteiger partial charge in [-0.3, -0.25) is 9.78 Å². The van der Waals surface area contributed by atoms with Crippen molar-refractivity contribution in [3.05, 3.63) is 64.4 Å². The van der Waals surface area contributed by atoms with Gasteiger partial charge in [0.2, 0.25) is 5.91 Å². The van der Waals surface area contributed by atoms with Gasteiger partial charge in [0, 0.05) is 16.7 Å². The second-order valence-corrected chi connectivity index (χ2v) is 5.58. The summed E-state index contributed by atoms with van der Waals surface area (Å²) in [6.45, 7) is 2.76. The second kappa shape index (κ2) is 7.90. The average molecular weight is 348 g/mol. The van der Waals surface area contributed by atoms with Crippen molar-refractivity contribution in [1.82, 2.24) is 15.6 Å². The highest BCUT2D eigenvalue weighted by Gasteiger charge is 2.10. The van der Waals surface area contributed by atoms with E-state index in [9.17, 15) is 4.79 Å². The third-order valence-corrected chi connectivity index (χ3v) is 3.86. The third-order valence-electron chi connectivity index (χ3n) is 3.13. The maximum atomic E-state index is 11.8. The smallest absolute Gasteiger partial charge is 0.234 e. The number of nitrogens with zero attached hydrogens (tertiary/aromatic N) is 1. The second-order valence-electron chi connectivity index (χ2n) is 4.72. The lowest BCUT2D eigenvalue weighted by Crippen LogP contribution is -2.34. The van der Waals surface area contributed by atoms with Crippen LogP contribution in [0.1, 0.15) is 24.2 Å². The number of rotatable bonds is 6. The summed E-state index contributed by atoms with van der Waals surface area (Å²) in [5, 5.41) is 6.06. The standard InChI is InChI=1S/C16H18BrN3O/c1-12(14-7-2-3-8-15(14)17)19-11-16(21)20-10-13-6-4-5-9-18-13/h2-9,12,19H,10-11H2,1H3,(H,20,21)/t12-/m1/s1. The Bertz CT molecular complexity index is 589. The van der Waals surface area contributed by atoms with Gasteiger partial charge in [-0.2, -0.15) is 0 Å². The van der Waals surface area contributed by atoms with Crippen LogP contribution >= 0.6 is 15.9 Å². The van der Waals surface area contributed by atoms with E-state index in [1.54, 1.807) is 6.20 Å². The maximum Gasteiger partial charge on any atom is 0.234 e. The highest BCUT2D eigenvalue weighted by Crippen LogP contribution is 2.22. The molecule has 21 heavy (non-hydrogen) atoms. The lowest BCUT2D eigenvalue weighted by molar-refractivity contribution is -0.120. The SMILES string of the molecule is C[C@@H](NCC(=O)NCc1ccccn1)c1ccccc1Br. The molecule has 110 valence electrons. The van der Waals surface area contributed by atoms with E-state index < -0.39 is 0 Å². The summed E-state index contributed by atoms with van der Waals surface area (Å²) in [4.78, 5) is 16.0. The number of nitrogens with one attached hydrogen (secondary N) is 2. The van der Waals surface area contributed by atoms with Crippen LogP contribution in [0.25, 0.3) is 0 Å². The van der Waals surface area contributed by atoms with Gasteiger partial charge in [-0.05, 0) is 30.7 Å². The Morgan fingerprint density at radius 2 is 2.00 bits per heavy atom. The normalized spacial score (nSPS) is 11.9. The number of pyridine rings is 1. The molecule has 1 aromatic heterocycles. The number of benzene rings is 1. The van der Waals surface area contributed by atoms with Gasteiger partial charge >= 0.3 is 0 Å². The van der Waals surface area contributed by atoms with E-state index in [1.807, 2.05) is 49.4 Å². The first-order valence-electron chi connectivity index (χ1n) is 6.81. The quantitative estimate of drug-likeness (QED) is 0.844. The van der Waals surface area contributed by atoms with Crippen LogP contribution in [-0.4, -0.2) is 17.4 Å². The summed E-state index contributed by atoms with van der Waals surface area (Å²) < 4.78 is 1.04. The molecule has 0 spiro atoms. The van der Waals surface area contributed by atoms with Crippen molar-refractivity contribution in [3.8, 4) is 0 Å². The van der Waals surface area contributed by atoms with Gasteiger partial charge in [0.1, 0.15) is 0 Å². The number of carbonyl (C=O) groups is 1. The van der Waals surface area contributed by atoms with Gasteiger partial charge < -0.3 is 10.6 Å². The number of carbonyl (C=O) groups excluding carboxylic acids is 1. The van der Waals surface area contributed by atoms with Crippen LogP contribution in [-0.2, 0) is 11.3 Å². The Balaban J connectivity index is 1.77. The van der Waals surface area contributed by atoms with Crippen LogP contribution in [0.3, 0.4) is 0 Å². The minimum atomic E-state index is -0.0421. The van der Waals surface area contributed by atoms with Crippen LogP contribution in [0.15, 0.2) is 53.1 Å². The van der Waals surface area contributed by atoms with Crippen molar-refractivity contribution in [2.24, 2.45) is 0 Å². The van der Waals surface area contributed by atoms with Gasteiger partial charge in [-0.1, -0.05) is 40.2 Å². The molecule has 0 radical (unpaired) electrons. The van der Waals surface area contributed by atoms with Crippen LogP contribution < -0.4 is 10.6 Å². The summed E-state index contributed by atoms with van der Waals surface area (Å²) in [5.41, 5.74) is 1.99. The summed E-state index contributed by atoms with van der Waals surface area (Å²) in [7, 11) is 0. The van der Waals surface area contributed by atoms with E-state index in [0.717, 1.165) is 15.7 Å². The lowest BCUT2D eigenvalue weighted by Gasteiger charge is -2.15. The fourth-order valence-electron chi connectivity index (χ4n) is 1.94. The molecule has 0 aliphatic heterocycles. The summed E-state index contributed by atoms with van der Waals surface area (Å²) in [6.07, 6.45) is 1.72. The van der Waals surface area contributed by atoms with E-state index in [0.29, 0.717) is 6.54 Å². The number of hydrogen-bond acceptors (Lipinski definition) is 3. The molecule has 0 aliphatic rings. The van der Waals surface area contributed by atoms with Crippen molar-refractivity contribution in [2.75, 3.05) is 6.54 Å². The fraction of sp³-hybridized carbons (Fsp3) is 0.250.